The van der Waals surface area contributed by atoms with Gasteiger partial charge < -0.3 is 10.5 Å². The van der Waals surface area contributed by atoms with Crippen LogP contribution in [0.1, 0.15) is 17.9 Å². The predicted octanol–water partition coefficient (Wildman–Crippen LogP) is 4.77. The number of thiophene rings is 1. The first kappa shape index (κ1) is 14.8. The summed E-state index contributed by atoms with van der Waals surface area (Å²) >= 11 is 10.9. The van der Waals surface area contributed by atoms with Crippen LogP contribution in [0.4, 0.5) is 4.39 Å². The fraction of sp³-hybridized carbons (Fsp3) is 0.231. The fourth-order valence-electron chi connectivity index (χ4n) is 1.61. The highest BCUT2D eigenvalue weighted by molar-refractivity contribution is 9.10. The highest BCUT2D eigenvalue weighted by Gasteiger charge is 2.21. The van der Waals surface area contributed by atoms with Crippen molar-refractivity contribution in [3.63, 3.8) is 0 Å². The maximum absolute atomic E-state index is 13.0. The molecule has 2 rings (SSSR count). The topological polar surface area (TPSA) is 35.2 Å². The average molecular weight is 365 g/mol. The van der Waals surface area contributed by atoms with Crippen LogP contribution in [0.2, 0.25) is 5.02 Å². The van der Waals surface area contributed by atoms with Gasteiger partial charge in [0.25, 0.3) is 0 Å². The van der Waals surface area contributed by atoms with Crippen molar-refractivity contribution in [2.24, 2.45) is 5.73 Å². The molecular formula is C13H12BrClFNOS. The van der Waals surface area contributed by atoms with Gasteiger partial charge in [-0.15, -0.1) is 11.3 Å². The van der Waals surface area contributed by atoms with Crippen molar-refractivity contribution >= 4 is 38.9 Å². The minimum atomic E-state index is -0.395. The van der Waals surface area contributed by atoms with Gasteiger partial charge in [-0.05, 0) is 47.1 Å². The van der Waals surface area contributed by atoms with Gasteiger partial charge in [0.05, 0.1) is 5.02 Å². The second-order valence-electron chi connectivity index (χ2n) is 4.14. The summed E-state index contributed by atoms with van der Waals surface area (Å²) in [5.41, 5.74) is 5.95. The van der Waals surface area contributed by atoms with E-state index in [1.807, 2.05) is 18.4 Å². The summed E-state index contributed by atoms with van der Waals surface area (Å²) < 4.78 is 19.8. The fourth-order valence-corrected chi connectivity index (χ4v) is 3.41. The first-order chi connectivity index (χ1) is 8.97. The van der Waals surface area contributed by atoms with Crippen LogP contribution in [0.15, 0.2) is 34.1 Å². The number of ether oxygens (including phenoxy) is 1. The largest absolute Gasteiger partial charge is 0.482 e. The molecule has 1 aromatic carbocycles. The minimum absolute atomic E-state index is 0.216. The quantitative estimate of drug-likeness (QED) is 0.848. The summed E-state index contributed by atoms with van der Waals surface area (Å²) in [6, 6.07) is 5.78. The van der Waals surface area contributed by atoms with Crippen LogP contribution in [-0.2, 0) is 0 Å². The Morgan fingerprint density at radius 3 is 2.68 bits per heavy atom. The number of hydrogen-bond acceptors (Lipinski definition) is 3. The third-order valence-electron chi connectivity index (χ3n) is 2.49. The lowest BCUT2D eigenvalue weighted by atomic mass is 10.1. The molecule has 1 heterocycles. The van der Waals surface area contributed by atoms with Gasteiger partial charge in [-0.25, -0.2) is 4.39 Å². The molecule has 0 bridgehead atoms. The first-order valence-corrected chi connectivity index (χ1v) is 7.63. The lowest BCUT2D eigenvalue weighted by Crippen LogP contribution is -2.28. The van der Waals surface area contributed by atoms with E-state index in [-0.39, 0.29) is 17.2 Å². The number of nitrogens with two attached hydrogens (primary N) is 1. The molecule has 2 aromatic rings. The van der Waals surface area contributed by atoms with E-state index in [0.717, 1.165) is 9.35 Å². The smallest absolute Gasteiger partial charge is 0.148 e. The molecule has 0 aliphatic carbocycles. The highest BCUT2D eigenvalue weighted by Crippen LogP contribution is 2.34. The van der Waals surface area contributed by atoms with Crippen LogP contribution in [0.5, 0.6) is 5.75 Å². The van der Waals surface area contributed by atoms with Crippen molar-refractivity contribution < 1.29 is 9.13 Å². The normalized spacial score (nSPS) is 14.2. The number of halogens is 3. The molecule has 0 saturated carbocycles. The van der Waals surface area contributed by atoms with E-state index in [1.54, 1.807) is 11.3 Å². The molecule has 0 aliphatic rings. The maximum atomic E-state index is 13.0. The zero-order valence-corrected chi connectivity index (χ0v) is 13.2. The van der Waals surface area contributed by atoms with Gasteiger partial charge in [-0.3, -0.25) is 0 Å². The van der Waals surface area contributed by atoms with Gasteiger partial charge >= 0.3 is 0 Å². The second-order valence-corrected chi connectivity index (χ2v) is 6.41. The molecule has 2 unspecified atom stereocenters. The Labute approximate surface area is 128 Å². The van der Waals surface area contributed by atoms with E-state index < -0.39 is 5.82 Å². The minimum Gasteiger partial charge on any atom is -0.482 e. The van der Waals surface area contributed by atoms with Crippen molar-refractivity contribution in [3.05, 3.63) is 49.8 Å². The molecule has 0 amide bonds. The second kappa shape index (κ2) is 6.22. The molecule has 2 nitrogen and oxygen atoms in total. The summed E-state index contributed by atoms with van der Waals surface area (Å²) in [6.45, 7) is 1.86. The van der Waals surface area contributed by atoms with Gasteiger partial charge in [-0.2, -0.15) is 0 Å². The van der Waals surface area contributed by atoms with Gasteiger partial charge in [0.2, 0.25) is 0 Å². The zero-order valence-electron chi connectivity index (χ0n) is 10.1. The summed E-state index contributed by atoms with van der Waals surface area (Å²) in [5, 5.41) is 2.20. The molecule has 0 radical (unpaired) electrons. The molecule has 19 heavy (non-hydrogen) atoms. The molecule has 102 valence electrons. The molecule has 2 atom stereocenters. The SMILES string of the molecule is CC(N)C(Oc1ccc(F)cc1Cl)c1cc(Br)cs1. The van der Waals surface area contributed by atoms with E-state index in [0.29, 0.717) is 5.75 Å². The van der Waals surface area contributed by atoms with Crippen molar-refractivity contribution in [2.75, 3.05) is 0 Å². The Balaban J connectivity index is 2.26. The third-order valence-corrected chi connectivity index (χ3v) is 4.54. The van der Waals surface area contributed by atoms with Crippen LogP contribution < -0.4 is 10.5 Å². The van der Waals surface area contributed by atoms with Crippen molar-refractivity contribution in [1.29, 1.82) is 0 Å². The summed E-state index contributed by atoms with van der Waals surface area (Å²) in [7, 11) is 0. The van der Waals surface area contributed by atoms with Crippen molar-refractivity contribution in [2.45, 2.75) is 19.1 Å². The van der Waals surface area contributed by atoms with Crippen LogP contribution >= 0.6 is 38.9 Å². The first-order valence-electron chi connectivity index (χ1n) is 5.58. The van der Waals surface area contributed by atoms with Crippen LogP contribution in [0.25, 0.3) is 0 Å². The van der Waals surface area contributed by atoms with E-state index >= 15 is 0 Å². The maximum Gasteiger partial charge on any atom is 0.148 e. The van der Waals surface area contributed by atoms with Crippen molar-refractivity contribution in [3.8, 4) is 5.75 Å². The lowest BCUT2D eigenvalue weighted by molar-refractivity contribution is 0.184. The Kier molecular flexibility index (Phi) is 4.84. The molecule has 2 N–H and O–H groups in total. The molecule has 1 aromatic heterocycles. The monoisotopic (exact) mass is 363 g/mol. The van der Waals surface area contributed by atoms with E-state index in [1.165, 1.54) is 18.2 Å². The Morgan fingerprint density at radius 1 is 1.42 bits per heavy atom. The molecule has 0 aliphatic heterocycles. The number of benzene rings is 1. The lowest BCUT2D eigenvalue weighted by Gasteiger charge is -2.22. The van der Waals surface area contributed by atoms with E-state index in [9.17, 15) is 4.39 Å². The zero-order chi connectivity index (χ0) is 14.0. The van der Waals surface area contributed by atoms with Gasteiger partial charge in [0.15, 0.2) is 0 Å². The van der Waals surface area contributed by atoms with E-state index in [4.69, 9.17) is 22.1 Å². The molecule has 0 spiro atoms. The predicted molar refractivity (Wildman–Crippen MR) is 80.4 cm³/mol. The van der Waals surface area contributed by atoms with Gasteiger partial charge in [-0.1, -0.05) is 11.6 Å². The summed E-state index contributed by atoms with van der Waals surface area (Å²) in [4.78, 5) is 0.988. The Bertz CT molecular complexity index is 576. The summed E-state index contributed by atoms with van der Waals surface area (Å²) in [6.07, 6.45) is -0.320. The molecule has 0 fully saturated rings. The average Bonchev–Trinajstić information content (AvgIpc) is 2.74. The third kappa shape index (κ3) is 3.69. The molecule has 6 heteroatoms. The van der Waals surface area contributed by atoms with E-state index in [2.05, 4.69) is 15.9 Å². The summed E-state index contributed by atoms with van der Waals surface area (Å²) in [5.74, 6) is 0.0310. The molecule has 0 saturated heterocycles. The van der Waals surface area contributed by atoms with Crippen LogP contribution in [-0.4, -0.2) is 6.04 Å². The Hall–Kier alpha value is -0.620. The van der Waals surface area contributed by atoms with Gasteiger partial charge in [0, 0.05) is 20.8 Å². The number of rotatable bonds is 4. The molecular weight excluding hydrogens is 353 g/mol. The van der Waals surface area contributed by atoms with Crippen molar-refractivity contribution in [1.82, 2.24) is 0 Å². The highest BCUT2D eigenvalue weighted by atomic mass is 79.9. The van der Waals surface area contributed by atoms with Crippen LogP contribution in [0, 0.1) is 5.82 Å². The van der Waals surface area contributed by atoms with Crippen LogP contribution in [0.3, 0.4) is 0 Å². The number of hydrogen-bond donors (Lipinski definition) is 1. The van der Waals surface area contributed by atoms with Gasteiger partial charge in [0.1, 0.15) is 17.7 Å². The standard InChI is InChI=1S/C13H12BrClFNOS/c1-7(17)13(12-4-8(14)6-19-12)18-11-3-2-9(16)5-10(11)15/h2-7,13H,17H2,1H3. The Morgan fingerprint density at radius 2 is 2.16 bits per heavy atom.